The second-order valence-corrected chi connectivity index (χ2v) is 6.87. The van der Waals surface area contributed by atoms with Crippen LogP contribution in [0.3, 0.4) is 0 Å². The van der Waals surface area contributed by atoms with Gasteiger partial charge < -0.3 is 0 Å². The van der Waals surface area contributed by atoms with Gasteiger partial charge in [0.2, 0.25) is 10.0 Å². The van der Waals surface area contributed by atoms with Crippen molar-refractivity contribution in [1.82, 2.24) is 4.31 Å². The molecule has 0 aromatic heterocycles. The first-order valence-electron chi connectivity index (χ1n) is 6.08. The number of sulfonamides is 1. The maximum absolute atomic E-state index is 11.7. The molecule has 2 unspecified atom stereocenters. The van der Waals surface area contributed by atoms with Crippen LogP contribution < -0.4 is 0 Å². The maximum Gasteiger partial charge on any atom is 0.212 e. The molecular weight excluding hydrogens is 258 g/mol. The summed E-state index contributed by atoms with van der Waals surface area (Å²) in [5.74, 6) is 0. The fraction of sp³-hybridized carbons (Fsp3) is 0.200. The zero-order valence-electron chi connectivity index (χ0n) is 10.7. The number of rotatable bonds is 3. The Morgan fingerprint density at radius 1 is 1.21 bits per heavy atom. The topological polar surface area (TPSA) is 37.1 Å². The first kappa shape index (κ1) is 12.4. The molecule has 3 rings (SSSR count). The summed E-state index contributed by atoms with van der Waals surface area (Å²) >= 11 is 0. The van der Waals surface area contributed by atoms with Crippen LogP contribution in [0.1, 0.15) is 5.56 Å². The quantitative estimate of drug-likeness (QED) is 0.636. The third kappa shape index (κ3) is 1.88. The minimum absolute atomic E-state index is 0.480. The van der Waals surface area contributed by atoms with Crippen LogP contribution in [-0.2, 0) is 15.6 Å². The minimum atomic E-state index is -3.19. The minimum Gasteiger partial charge on any atom is -0.212 e. The van der Waals surface area contributed by atoms with E-state index in [4.69, 9.17) is 0 Å². The molecule has 0 spiro atoms. The molecule has 2 aromatic rings. The standard InChI is InChI=1S/C15H15NO2S/c1-3-15(11-16(15)19(2,17)18)14-9-8-12-6-4-5-7-13(12)10-14/h3-10H,1,11H2,2H3. The van der Waals surface area contributed by atoms with E-state index in [0.29, 0.717) is 6.54 Å². The zero-order valence-corrected chi connectivity index (χ0v) is 11.5. The fourth-order valence-electron chi connectivity index (χ4n) is 2.57. The fourth-order valence-corrected chi connectivity index (χ4v) is 3.78. The second-order valence-electron chi connectivity index (χ2n) is 4.96. The van der Waals surface area contributed by atoms with E-state index >= 15 is 0 Å². The van der Waals surface area contributed by atoms with Crippen molar-refractivity contribution >= 4 is 20.8 Å². The van der Waals surface area contributed by atoms with Gasteiger partial charge in [-0.25, -0.2) is 8.42 Å². The monoisotopic (exact) mass is 273 g/mol. The normalized spacial score (nSPS) is 26.3. The van der Waals surface area contributed by atoms with Crippen molar-refractivity contribution in [3.05, 3.63) is 60.7 Å². The summed E-state index contributed by atoms with van der Waals surface area (Å²) in [5.41, 5.74) is 0.420. The van der Waals surface area contributed by atoms with E-state index in [1.807, 2.05) is 42.5 Å². The van der Waals surface area contributed by atoms with Gasteiger partial charge in [0.1, 0.15) is 0 Å². The van der Waals surface area contributed by atoms with Crippen molar-refractivity contribution in [3.63, 3.8) is 0 Å². The van der Waals surface area contributed by atoms with Gasteiger partial charge in [0, 0.05) is 6.54 Å². The number of hydrogen-bond acceptors (Lipinski definition) is 2. The van der Waals surface area contributed by atoms with Gasteiger partial charge in [-0.2, -0.15) is 4.31 Å². The van der Waals surface area contributed by atoms with Gasteiger partial charge in [-0.3, -0.25) is 0 Å². The smallest absolute Gasteiger partial charge is 0.212 e. The van der Waals surface area contributed by atoms with E-state index in [9.17, 15) is 8.42 Å². The molecule has 4 heteroatoms. The maximum atomic E-state index is 11.7. The zero-order chi connectivity index (χ0) is 13.7. The molecule has 0 radical (unpaired) electrons. The van der Waals surface area contributed by atoms with Crippen LogP contribution in [0.25, 0.3) is 10.8 Å². The summed E-state index contributed by atoms with van der Waals surface area (Å²) in [7, 11) is -3.19. The van der Waals surface area contributed by atoms with Gasteiger partial charge in [0.05, 0.1) is 11.8 Å². The molecular formula is C15H15NO2S. The molecule has 0 aliphatic carbocycles. The van der Waals surface area contributed by atoms with E-state index in [-0.39, 0.29) is 0 Å². The van der Waals surface area contributed by atoms with Crippen molar-refractivity contribution in [2.45, 2.75) is 5.54 Å². The largest absolute Gasteiger partial charge is 0.212 e. The third-order valence-corrected chi connectivity index (χ3v) is 4.97. The number of fused-ring (bicyclic) bond motifs is 1. The molecule has 0 N–H and O–H groups in total. The highest BCUT2D eigenvalue weighted by Crippen LogP contribution is 2.46. The van der Waals surface area contributed by atoms with Crippen LogP contribution in [0.15, 0.2) is 55.1 Å². The van der Waals surface area contributed by atoms with Crippen LogP contribution in [0.2, 0.25) is 0 Å². The van der Waals surface area contributed by atoms with Crippen LogP contribution >= 0.6 is 0 Å². The molecule has 2 aromatic carbocycles. The average molecular weight is 273 g/mol. The van der Waals surface area contributed by atoms with Crippen molar-refractivity contribution in [1.29, 1.82) is 0 Å². The van der Waals surface area contributed by atoms with Crippen molar-refractivity contribution in [3.8, 4) is 0 Å². The predicted octanol–water partition coefficient (Wildman–Crippen LogP) is 2.50. The Labute approximate surface area is 113 Å². The summed E-state index contributed by atoms with van der Waals surface area (Å²) < 4.78 is 24.8. The Bertz CT molecular complexity index is 767. The molecule has 0 amide bonds. The number of benzene rings is 2. The van der Waals surface area contributed by atoms with Gasteiger partial charge in [0.25, 0.3) is 0 Å². The molecule has 19 heavy (non-hydrogen) atoms. The van der Waals surface area contributed by atoms with Gasteiger partial charge in [-0.05, 0) is 22.4 Å². The van der Waals surface area contributed by atoms with E-state index in [1.54, 1.807) is 6.08 Å². The van der Waals surface area contributed by atoms with Gasteiger partial charge in [0.15, 0.2) is 0 Å². The van der Waals surface area contributed by atoms with Gasteiger partial charge in [-0.1, -0.05) is 42.5 Å². The summed E-state index contributed by atoms with van der Waals surface area (Å²) in [6.45, 7) is 4.29. The van der Waals surface area contributed by atoms with Crippen LogP contribution in [-0.4, -0.2) is 25.5 Å². The van der Waals surface area contributed by atoms with Crippen molar-refractivity contribution in [2.75, 3.05) is 12.8 Å². The number of nitrogens with zero attached hydrogens (tertiary/aromatic N) is 1. The van der Waals surface area contributed by atoms with Gasteiger partial charge >= 0.3 is 0 Å². The molecule has 1 fully saturated rings. The number of hydrogen-bond donors (Lipinski definition) is 0. The second kappa shape index (κ2) is 3.92. The molecule has 1 aliphatic heterocycles. The van der Waals surface area contributed by atoms with Crippen molar-refractivity contribution < 1.29 is 8.42 Å². The van der Waals surface area contributed by atoms with Gasteiger partial charge in [-0.15, -0.1) is 6.58 Å². The van der Waals surface area contributed by atoms with Crippen LogP contribution in [0.5, 0.6) is 0 Å². The van der Waals surface area contributed by atoms with Crippen LogP contribution in [0, 0.1) is 0 Å². The summed E-state index contributed by atoms with van der Waals surface area (Å²) in [5, 5.41) is 2.26. The molecule has 1 heterocycles. The molecule has 2 atom stereocenters. The first-order valence-corrected chi connectivity index (χ1v) is 7.93. The predicted molar refractivity (Wildman–Crippen MR) is 77.4 cm³/mol. The molecule has 0 bridgehead atoms. The Hall–Kier alpha value is -1.65. The first-order chi connectivity index (χ1) is 8.97. The molecule has 3 nitrogen and oxygen atoms in total. The lowest BCUT2D eigenvalue weighted by Gasteiger charge is -2.13. The third-order valence-electron chi connectivity index (χ3n) is 3.71. The van der Waals surface area contributed by atoms with Crippen molar-refractivity contribution in [2.24, 2.45) is 0 Å². The van der Waals surface area contributed by atoms with E-state index < -0.39 is 15.6 Å². The lowest BCUT2D eigenvalue weighted by atomic mass is 9.96. The lowest BCUT2D eigenvalue weighted by molar-refractivity contribution is 0.545. The highest BCUT2D eigenvalue weighted by Gasteiger charge is 2.56. The molecule has 98 valence electrons. The average Bonchev–Trinajstić information content (AvgIpc) is 3.14. The highest BCUT2D eigenvalue weighted by molar-refractivity contribution is 7.88. The molecule has 1 saturated heterocycles. The lowest BCUT2D eigenvalue weighted by Crippen LogP contribution is -2.19. The molecule has 0 saturated carbocycles. The van der Waals surface area contributed by atoms with E-state index in [2.05, 4.69) is 6.58 Å². The highest BCUT2D eigenvalue weighted by atomic mass is 32.2. The summed E-state index contributed by atoms with van der Waals surface area (Å²) in [6.07, 6.45) is 2.96. The molecule has 1 aliphatic rings. The Morgan fingerprint density at radius 3 is 2.47 bits per heavy atom. The Balaban J connectivity index is 2.12. The Morgan fingerprint density at radius 2 is 1.89 bits per heavy atom. The summed E-state index contributed by atoms with van der Waals surface area (Å²) in [4.78, 5) is 0. The van der Waals surface area contributed by atoms with Crippen LogP contribution in [0.4, 0.5) is 0 Å². The van der Waals surface area contributed by atoms with E-state index in [0.717, 1.165) is 16.3 Å². The SMILES string of the molecule is C=CC1(c2ccc3ccccc3c2)CN1S(C)(=O)=O. The van der Waals surface area contributed by atoms with E-state index in [1.165, 1.54) is 10.6 Å². The summed E-state index contributed by atoms with van der Waals surface area (Å²) in [6, 6.07) is 14.1. The Kier molecular flexibility index (Phi) is 2.56.